The van der Waals surface area contributed by atoms with E-state index in [9.17, 15) is 0 Å². The maximum Gasteiger partial charge on any atom is 0.129 e. The fourth-order valence-electron chi connectivity index (χ4n) is 1.79. The molecule has 0 aliphatic heterocycles. The number of hydrogen-bond acceptors (Lipinski definition) is 4. The highest BCUT2D eigenvalue weighted by Gasteiger charge is 2.06. The van der Waals surface area contributed by atoms with Crippen molar-refractivity contribution < 1.29 is 0 Å². The van der Waals surface area contributed by atoms with E-state index in [2.05, 4.69) is 15.0 Å². The van der Waals surface area contributed by atoms with Crippen molar-refractivity contribution in [1.82, 2.24) is 9.97 Å². The van der Waals surface area contributed by atoms with Crippen molar-refractivity contribution in [1.29, 1.82) is 0 Å². The summed E-state index contributed by atoms with van der Waals surface area (Å²) in [6, 6.07) is 5.49. The van der Waals surface area contributed by atoms with Gasteiger partial charge in [-0.3, -0.25) is 9.98 Å². The topological polar surface area (TPSA) is 64.2 Å². The first-order chi connectivity index (χ1) is 9.15. The van der Waals surface area contributed by atoms with Crippen molar-refractivity contribution >= 4 is 34.4 Å². The molecule has 4 nitrogen and oxygen atoms in total. The predicted octanol–water partition coefficient (Wildman–Crippen LogP) is 3.06. The van der Waals surface area contributed by atoms with Crippen LogP contribution in [-0.4, -0.2) is 23.2 Å². The Labute approximate surface area is 117 Å². The summed E-state index contributed by atoms with van der Waals surface area (Å²) >= 11 is 5.90. The standard InChI is InChI=1S/C14H15ClN4/c1-3-11(16)10(8-17-2)9-6-13-12(18-7-9)4-5-14(15)19-13/h4-8H,3,16H2,1-2H3. The van der Waals surface area contributed by atoms with Gasteiger partial charge in [0.2, 0.25) is 0 Å². The second kappa shape index (κ2) is 5.80. The molecular weight excluding hydrogens is 260 g/mol. The minimum atomic E-state index is 0.449. The summed E-state index contributed by atoms with van der Waals surface area (Å²) in [5, 5.41) is 0.449. The van der Waals surface area contributed by atoms with E-state index in [1.54, 1.807) is 25.5 Å². The van der Waals surface area contributed by atoms with Crippen LogP contribution in [0.1, 0.15) is 18.9 Å². The lowest BCUT2D eigenvalue weighted by Gasteiger charge is -2.07. The van der Waals surface area contributed by atoms with Crippen LogP contribution in [-0.2, 0) is 0 Å². The lowest BCUT2D eigenvalue weighted by Crippen LogP contribution is -2.03. The average molecular weight is 275 g/mol. The zero-order valence-corrected chi connectivity index (χ0v) is 11.6. The van der Waals surface area contributed by atoms with Crippen molar-refractivity contribution in [3.63, 3.8) is 0 Å². The first-order valence-corrected chi connectivity index (χ1v) is 6.37. The highest BCUT2D eigenvalue weighted by molar-refractivity contribution is 6.29. The van der Waals surface area contributed by atoms with Gasteiger partial charge in [-0.15, -0.1) is 0 Å². The molecule has 2 aromatic heterocycles. The Kier molecular flexibility index (Phi) is 4.12. The third kappa shape index (κ3) is 2.90. The molecule has 98 valence electrons. The third-order valence-corrected chi connectivity index (χ3v) is 3.01. The fraction of sp³-hybridized carbons (Fsp3) is 0.214. The molecule has 0 spiro atoms. The number of nitrogens with zero attached hydrogens (tertiary/aromatic N) is 3. The molecule has 0 saturated carbocycles. The van der Waals surface area contributed by atoms with E-state index in [1.165, 1.54) is 0 Å². The van der Waals surface area contributed by atoms with Gasteiger partial charge < -0.3 is 5.73 Å². The molecule has 0 aliphatic carbocycles. The lowest BCUT2D eigenvalue weighted by molar-refractivity contribution is 1.08. The molecule has 0 unspecified atom stereocenters. The van der Waals surface area contributed by atoms with Crippen LogP contribution in [0.3, 0.4) is 0 Å². The second-order valence-electron chi connectivity index (χ2n) is 4.08. The molecule has 2 N–H and O–H groups in total. The van der Waals surface area contributed by atoms with Crippen molar-refractivity contribution in [3.8, 4) is 0 Å². The van der Waals surface area contributed by atoms with Gasteiger partial charge in [-0.2, -0.15) is 0 Å². The number of pyridine rings is 2. The molecule has 0 saturated heterocycles. The van der Waals surface area contributed by atoms with Gasteiger partial charge in [-0.1, -0.05) is 18.5 Å². The Bertz CT molecular complexity index is 662. The Hall–Kier alpha value is -1.94. The van der Waals surface area contributed by atoms with Gasteiger partial charge >= 0.3 is 0 Å². The second-order valence-corrected chi connectivity index (χ2v) is 4.46. The van der Waals surface area contributed by atoms with Crippen LogP contribution in [0.15, 0.2) is 35.1 Å². The van der Waals surface area contributed by atoms with Gasteiger partial charge in [0.25, 0.3) is 0 Å². The highest BCUT2D eigenvalue weighted by Crippen LogP contribution is 2.20. The van der Waals surface area contributed by atoms with Gasteiger partial charge in [0.15, 0.2) is 0 Å². The van der Waals surface area contributed by atoms with E-state index < -0.39 is 0 Å². The zero-order valence-electron chi connectivity index (χ0n) is 10.9. The Morgan fingerprint density at radius 1 is 1.42 bits per heavy atom. The molecule has 2 rings (SSSR count). The van der Waals surface area contributed by atoms with Crippen molar-refractivity contribution in [2.24, 2.45) is 10.7 Å². The molecule has 0 atom stereocenters. The van der Waals surface area contributed by atoms with Gasteiger partial charge in [-0.25, -0.2) is 4.98 Å². The Morgan fingerprint density at radius 2 is 2.21 bits per heavy atom. The van der Waals surface area contributed by atoms with E-state index in [0.717, 1.165) is 34.3 Å². The Morgan fingerprint density at radius 3 is 2.89 bits per heavy atom. The normalized spacial score (nSPS) is 13.0. The number of aliphatic imine (C=N–C) groups is 1. The smallest absolute Gasteiger partial charge is 0.129 e. The fourth-order valence-corrected chi connectivity index (χ4v) is 1.95. The summed E-state index contributed by atoms with van der Waals surface area (Å²) in [6.07, 6.45) is 4.27. The van der Waals surface area contributed by atoms with Crippen molar-refractivity contribution in [2.75, 3.05) is 7.05 Å². The molecule has 0 aliphatic rings. The van der Waals surface area contributed by atoms with Gasteiger partial charge in [0, 0.05) is 36.3 Å². The molecule has 19 heavy (non-hydrogen) atoms. The van der Waals surface area contributed by atoms with E-state index >= 15 is 0 Å². The van der Waals surface area contributed by atoms with Gasteiger partial charge in [0.1, 0.15) is 5.15 Å². The monoisotopic (exact) mass is 274 g/mol. The molecule has 2 aromatic rings. The highest BCUT2D eigenvalue weighted by atomic mass is 35.5. The number of aromatic nitrogens is 2. The lowest BCUT2D eigenvalue weighted by atomic mass is 10.0. The minimum absolute atomic E-state index is 0.449. The third-order valence-electron chi connectivity index (χ3n) is 2.80. The summed E-state index contributed by atoms with van der Waals surface area (Å²) < 4.78 is 0. The van der Waals surface area contributed by atoms with E-state index in [1.807, 2.05) is 19.1 Å². The van der Waals surface area contributed by atoms with E-state index in [-0.39, 0.29) is 0 Å². The van der Waals surface area contributed by atoms with E-state index in [4.69, 9.17) is 17.3 Å². The number of fused-ring (bicyclic) bond motifs is 1. The number of halogens is 1. The van der Waals surface area contributed by atoms with Crippen LogP contribution in [0, 0.1) is 0 Å². The van der Waals surface area contributed by atoms with E-state index in [0.29, 0.717) is 5.15 Å². The molecule has 0 fully saturated rings. The van der Waals surface area contributed by atoms with Crippen molar-refractivity contribution in [3.05, 3.63) is 40.8 Å². The molecular formula is C14H15ClN4. The molecule has 2 heterocycles. The average Bonchev–Trinajstić information content (AvgIpc) is 2.43. The van der Waals surface area contributed by atoms with Crippen LogP contribution in [0.25, 0.3) is 16.6 Å². The van der Waals surface area contributed by atoms with Gasteiger partial charge in [0.05, 0.1) is 11.0 Å². The first-order valence-electron chi connectivity index (χ1n) is 5.99. The van der Waals surface area contributed by atoms with Crippen molar-refractivity contribution in [2.45, 2.75) is 13.3 Å². The largest absolute Gasteiger partial charge is 0.402 e. The quantitative estimate of drug-likeness (QED) is 0.691. The molecule has 0 radical (unpaired) electrons. The van der Waals surface area contributed by atoms with Crippen LogP contribution < -0.4 is 5.73 Å². The number of hydrogen-bond donors (Lipinski definition) is 1. The summed E-state index contributed by atoms with van der Waals surface area (Å²) in [5.41, 5.74) is 10.1. The Balaban J connectivity index is 2.61. The van der Waals surface area contributed by atoms with Crippen LogP contribution in [0.2, 0.25) is 5.15 Å². The molecule has 0 bridgehead atoms. The van der Waals surface area contributed by atoms with Crippen LogP contribution in [0.4, 0.5) is 0 Å². The molecule has 0 amide bonds. The zero-order chi connectivity index (χ0) is 13.8. The summed E-state index contributed by atoms with van der Waals surface area (Å²) in [7, 11) is 1.71. The summed E-state index contributed by atoms with van der Waals surface area (Å²) in [4.78, 5) is 12.7. The van der Waals surface area contributed by atoms with Crippen LogP contribution >= 0.6 is 11.6 Å². The first kappa shape index (κ1) is 13.5. The molecule has 5 heteroatoms. The number of rotatable bonds is 3. The van der Waals surface area contributed by atoms with Crippen LogP contribution in [0.5, 0.6) is 0 Å². The minimum Gasteiger partial charge on any atom is -0.402 e. The maximum absolute atomic E-state index is 6.02. The predicted molar refractivity (Wildman–Crippen MR) is 80.4 cm³/mol. The summed E-state index contributed by atoms with van der Waals surface area (Å²) in [5.74, 6) is 0. The molecule has 0 aromatic carbocycles. The number of nitrogens with two attached hydrogens (primary N) is 1. The summed E-state index contributed by atoms with van der Waals surface area (Å²) in [6.45, 7) is 2.00. The maximum atomic E-state index is 6.02. The number of allylic oxidation sites excluding steroid dienone is 2. The SMILES string of the molecule is CCC(N)=C(C=NC)c1cnc2ccc(Cl)nc2c1. The van der Waals surface area contributed by atoms with Gasteiger partial charge in [-0.05, 0) is 24.6 Å².